The first-order chi connectivity index (χ1) is 10.5. The highest BCUT2D eigenvalue weighted by molar-refractivity contribution is 6.32. The van der Waals surface area contributed by atoms with Crippen LogP contribution in [0.3, 0.4) is 0 Å². The van der Waals surface area contributed by atoms with Crippen molar-refractivity contribution in [2.75, 3.05) is 0 Å². The summed E-state index contributed by atoms with van der Waals surface area (Å²) < 4.78 is 0. The largest absolute Gasteiger partial charge is 0.346 e. The van der Waals surface area contributed by atoms with Crippen molar-refractivity contribution >= 4 is 23.6 Å². The quantitative estimate of drug-likeness (QED) is 0.803. The fraction of sp³-hybridized carbons (Fsp3) is 0.211. The number of carbonyl (C=O) groups excluding carboxylic acids is 1. The third-order valence-corrected chi connectivity index (χ3v) is 3.92. The van der Waals surface area contributed by atoms with Gasteiger partial charge < -0.3 is 5.32 Å². The van der Waals surface area contributed by atoms with Gasteiger partial charge in [-0.25, -0.2) is 0 Å². The van der Waals surface area contributed by atoms with Crippen LogP contribution >= 0.6 is 11.6 Å². The van der Waals surface area contributed by atoms with E-state index >= 15 is 0 Å². The first kappa shape index (κ1) is 16.3. The summed E-state index contributed by atoms with van der Waals surface area (Å²) in [4.78, 5) is 12.1. The van der Waals surface area contributed by atoms with Crippen LogP contribution in [0.25, 0.3) is 6.08 Å². The van der Waals surface area contributed by atoms with Crippen molar-refractivity contribution in [1.82, 2.24) is 5.32 Å². The maximum absolute atomic E-state index is 12.1. The summed E-state index contributed by atoms with van der Waals surface area (Å²) in [5, 5.41) is 3.62. The Morgan fingerprint density at radius 2 is 1.91 bits per heavy atom. The maximum Gasteiger partial charge on any atom is 0.244 e. The van der Waals surface area contributed by atoms with Gasteiger partial charge in [0.1, 0.15) is 0 Å². The van der Waals surface area contributed by atoms with E-state index in [1.54, 1.807) is 12.1 Å². The summed E-state index contributed by atoms with van der Waals surface area (Å²) in [5.41, 5.74) is 4.33. The van der Waals surface area contributed by atoms with E-state index in [-0.39, 0.29) is 11.9 Å². The fourth-order valence-corrected chi connectivity index (χ4v) is 2.54. The van der Waals surface area contributed by atoms with Crippen molar-refractivity contribution in [2.45, 2.75) is 26.8 Å². The number of halogens is 1. The van der Waals surface area contributed by atoms with Gasteiger partial charge in [0, 0.05) is 11.1 Å². The van der Waals surface area contributed by atoms with Crippen LogP contribution in [0.5, 0.6) is 0 Å². The van der Waals surface area contributed by atoms with Crippen molar-refractivity contribution in [2.24, 2.45) is 0 Å². The maximum atomic E-state index is 12.1. The summed E-state index contributed by atoms with van der Waals surface area (Å²) in [5.74, 6) is -0.131. The molecule has 0 aromatic heterocycles. The number of nitrogens with one attached hydrogen (secondary N) is 1. The van der Waals surface area contributed by atoms with E-state index in [0.717, 1.165) is 11.1 Å². The van der Waals surface area contributed by atoms with Crippen LogP contribution in [0.2, 0.25) is 5.02 Å². The summed E-state index contributed by atoms with van der Waals surface area (Å²) in [6.45, 7) is 6.09. The predicted octanol–water partition coefficient (Wildman–Crippen LogP) is 4.85. The van der Waals surface area contributed by atoms with Crippen LogP contribution in [0.4, 0.5) is 0 Å². The van der Waals surface area contributed by atoms with Gasteiger partial charge in [0.05, 0.1) is 6.04 Å². The van der Waals surface area contributed by atoms with E-state index in [4.69, 9.17) is 11.6 Å². The zero-order valence-corrected chi connectivity index (χ0v) is 13.8. The lowest BCUT2D eigenvalue weighted by Gasteiger charge is -2.16. The smallest absolute Gasteiger partial charge is 0.244 e. The van der Waals surface area contributed by atoms with Crippen molar-refractivity contribution in [3.8, 4) is 0 Å². The monoisotopic (exact) mass is 313 g/mol. The predicted molar refractivity (Wildman–Crippen MR) is 93.0 cm³/mol. The third kappa shape index (κ3) is 4.22. The second-order valence-electron chi connectivity index (χ2n) is 5.45. The summed E-state index contributed by atoms with van der Waals surface area (Å²) >= 11 is 6.06. The highest BCUT2D eigenvalue weighted by atomic mass is 35.5. The Bertz CT molecular complexity index is 706. The van der Waals surface area contributed by atoms with Gasteiger partial charge in [-0.3, -0.25) is 4.79 Å². The van der Waals surface area contributed by atoms with Crippen LogP contribution in [0.15, 0.2) is 48.5 Å². The molecule has 0 heterocycles. The molecule has 2 aromatic rings. The first-order valence-corrected chi connectivity index (χ1v) is 7.65. The molecule has 0 radical (unpaired) electrons. The number of rotatable bonds is 4. The molecule has 0 aliphatic carbocycles. The number of amides is 1. The molecule has 2 aromatic carbocycles. The van der Waals surface area contributed by atoms with Crippen molar-refractivity contribution in [1.29, 1.82) is 0 Å². The van der Waals surface area contributed by atoms with Gasteiger partial charge in [-0.1, -0.05) is 53.6 Å². The molecular formula is C19H20ClNO. The molecule has 114 valence electrons. The number of hydrogen-bond acceptors (Lipinski definition) is 1. The second-order valence-corrected chi connectivity index (χ2v) is 5.85. The molecule has 0 aliphatic heterocycles. The van der Waals surface area contributed by atoms with Gasteiger partial charge in [0.15, 0.2) is 0 Å². The van der Waals surface area contributed by atoms with E-state index in [0.29, 0.717) is 5.02 Å². The molecule has 0 bridgehead atoms. The Morgan fingerprint density at radius 3 is 2.64 bits per heavy atom. The molecular weight excluding hydrogens is 294 g/mol. The Morgan fingerprint density at radius 1 is 1.18 bits per heavy atom. The van der Waals surface area contributed by atoms with Gasteiger partial charge in [-0.2, -0.15) is 0 Å². The van der Waals surface area contributed by atoms with Gasteiger partial charge in [0.2, 0.25) is 5.91 Å². The highest BCUT2D eigenvalue weighted by Crippen LogP contribution is 2.19. The minimum atomic E-state index is -0.131. The molecule has 22 heavy (non-hydrogen) atoms. The molecule has 0 saturated heterocycles. The molecule has 1 amide bonds. The Balaban J connectivity index is 2.06. The van der Waals surface area contributed by atoms with Crippen LogP contribution in [0, 0.1) is 13.8 Å². The summed E-state index contributed by atoms with van der Waals surface area (Å²) in [7, 11) is 0. The Kier molecular flexibility index (Phi) is 5.40. The van der Waals surface area contributed by atoms with E-state index in [2.05, 4.69) is 37.4 Å². The molecule has 0 aliphatic rings. The van der Waals surface area contributed by atoms with Crippen LogP contribution < -0.4 is 5.32 Å². The zero-order valence-electron chi connectivity index (χ0n) is 13.1. The lowest BCUT2D eigenvalue weighted by Crippen LogP contribution is -2.25. The van der Waals surface area contributed by atoms with Crippen LogP contribution in [-0.2, 0) is 4.79 Å². The van der Waals surface area contributed by atoms with E-state index < -0.39 is 0 Å². The molecule has 0 fully saturated rings. The average molecular weight is 314 g/mol. The number of benzene rings is 2. The Hall–Kier alpha value is -2.06. The van der Waals surface area contributed by atoms with Gasteiger partial charge in [-0.15, -0.1) is 0 Å². The molecule has 3 heteroatoms. The molecule has 1 atom stereocenters. The number of carbonyl (C=O) groups is 1. The molecule has 0 spiro atoms. The lowest BCUT2D eigenvalue weighted by atomic mass is 10.00. The Labute approximate surface area is 136 Å². The highest BCUT2D eigenvalue weighted by Gasteiger charge is 2.10. The first-order valence-electron chi connectivity index (χ1n) is 7.27. The van der Waals surface area contributed by atoms with E-state index in [1.165, 1.54) is 17.2 Å². The molecule has 2 nitrogen and oxygen atoms in total. The average Bonchev–Trinajstić information content (AvgIpc) is 2.48. The minimum absolute atomic E-state index is 0.0386. The zero-order chi connectivity index (χ0) is 16.1. The fourth-order valence-electron chi connectivity index (χ4n) is 2.34. The van der Waals surface area contributed by atoms with Crippen molar-refractivity contribution in [3.05, 3.63) is 75.8 Å². The van der Waals surface area contributed by atoms with Crippen LogP contribution in [-0.4, -0.2) is 5.91 Å². The minimum Gasteiger partial charge on any atom is -0.346 e. The molecule has 0 saturated carbocycles. The van der Waals surface area contributed by atoms with Crippen molar-refractivity contribution in [3.63, 3.8) is 0 Å². The topological polar surface area (TPSA) is 29.1 Å². The lowest BCUT2D eigenvalue weighted by molar-refractivity contribution is -0.117. The molecule has 0 unspecified atom stereocenters. The van der Waals surface area contributed by atoms with Gasteiger partial charge in [0.25, 0.3) is 0 Å². The van der Waals surface area contributed by atoms with Crippen molar-refractivity contribution < 1.29 is 4.79 Å². The van der Waals surface area contributed by atoms with Gasteiger partial charge >= 0.3 is 0 Å². The standard InChI is InChI=1S/C19H20ClNO/c1-13-8-9-14(2)17(12-13)15(3)21-19(22)11-10-16-6-4-5-7-18(16)20/h4-12,15H,1-3H3,(H,21,22)/b11-10+/t15-/m1/s1. The molecule has 1 N–H and O–H groups in total. The van der Waals surface area contributed by atoms with Gasteiger partial charge in [-0.05, 0) is 49.6 Å². The summed E-state index contributed by atoms with van der Waals surface area (Å²) in [6.07, 6.45) is 3.25. The number of hydrogen-bond donors (Lipinski definition) is 1. The normalized spacial score (nSPS) is 12.4. The SMILES string of the molecule is Cc1ccc(C)c([C@@H](C)NC(=O)/C=C/c2ccccc2Cl)c1. The third-order valence-electron chi connectivity index (χ3n) is 3.58. The van der Waals surface area contributed by atoms with Crippen LogP contribution in [0.1, 0.15) is 35.2 Å². The number of aryl methyl sites for hydroxylation is 2. The van der Waals surface area contributed by atoms with E-state index in [9.17, 15) is 4.79 Å². The summed E-state index contributed by atoms with van der Waals surface area (Å²) in [6, 6.07) is 13.7. The second kappa shape index (κ2) is 7.28. The van der Waals surface area contributed by atoms with E-state index in [1.807, 2.05) is 25.1 Å². The molecule has 2 rings (SSSR count).